The minimum atomic E-state index is -0.0475. The number of nitrogens with zero attached hydrogens (tertiary/aromatic N) is 5. The van der Waals surface area contributed by atoms with Crippen LogP contribution >= 0.6 is 0 Å². The SMILES string of the molecule is CC(C)(C)[C@H](CC#N)n1cc(-c2ncnc3[nH]ccc23)cn1. The largest absolute Gasteiger partial charge is 0.346 e. The lowest BCUT2D eigenvalue weighted by molar-refractivity contribution is 0.228. The van der Waals surface area contributed by atoms with Crippen LogP contribution in [-0.4, -0.2) is 24.7 Å². The molecule has 0 saturated carbocycles. The zero-order valence-corrected chi connectivity index (χ0v) is 12.9. The van der Waals surface area contributed by atoms with Gasteiger partial charge in [-0.3, -0.25) is 4.68 Å². The Morgan fingerprint density at radius 3 is 2.91 bits per heavy atom. The van der Waals surface area contributed by atoms with Gasteiger partial charge in [0.1, 0.15) is 12.0 Å². The standard InChI is InChI=1S/C16H18N6/c1-16(2,3)13(4-6-17)22-9-11(8-21-22)14-12-5-7-18-15(12)20-10-19-14/h5,7-10,13H,4H2,1-3H3,(H,18,19,20)/t13-/m0/s1. The van der Waals surface area contributed by atoms with E-state index in [4.69, 9.17) is 5.26 Å². The Balaban J connectivity index is 2.04. The van der Waals surface area contributed by atoms with Gasteiger partial charge in [0.2, 0.25) is 0 Å². The molecule has 0 radical (unpaired) electrons. The average Bonchev–Trinajstić information content (AvgIpc) is 3.11. The van der Waals surface area contributed by atoms with Crippen LogP contribution in [0.15, 0.2) is 31.0 Å². The highest BCUT2D eigenvalue weighted by atomic mass is 15.3. The van der Waals surface area contributed by atoms with Crippen molar-refractivity contribution in [2.24, 2.45) is 5.41 Å². The molecule has 3 aromatic rings. The number of hydrogen-bond donors (Lipinski definition) is 1. The van der Waals surface area contributed by atoms with Gasteiger partial charge in [-0.25, -0.2) is 9.97 Å². The summed E-state index contributed by atoms with van der Waals surface area (Å²) in [5.74, 6) is 0. The fourth-order valence-corrected chi connectivity index (χ4v) is 2.62. The van der Waals surface area contributed by atoms with Gasteiger partial charge in [-0.05, 0) is 11.5 Å². The van der Waals surface area contributed by atoms with E-state index >= 15 is 0 Å². The van der Waals surface area contributed by atoms with Crippen molar-refractivity contribution in [1.29, 1.82) is 5.26 Å². The minimum absolute atomic E-state index is 0.0230. The summed E-state index contributed by atoms with van der Waals surface area (Å²) in [6, 6.07) is 4.24. The van der Waals surface area contributed by atoms with E-state index in [1.807, 2.05) is 23.1 Å². The van der Waals surface area contributed by atoms with Gasteiger partial charge in [0.05, 0.1) is 30.4 Å². The molecule has 3 aromatic heterocycles. The average molecular weight is 294 g/mol. The Morgan fingerprint density at radius 2 is 2.18 bits per heavy atom. The second kappa shape index (κ2) is 5.26. The van der Waals surface area contributed by atoms with Crippen LogP contribution in [0.2, 0.25) is 0 Å². The van der Waals surface area contributed by atoms with Crippen LogP contribution in [0.4, 0.5) is 0 Å². The van der Waals surface area contributed by atoms with Crippen molar-refractivity contribution in [2.75, 3.05) is 0 Å². The number of hydrogen-bond acceptors (Lipinski definition) is 4. The number of fused-ring (bicyclic) bond motifs is 1. The molecule has 0 aliphatic carbocycles. The van der Waals surface area contributed by atoms with Crippen LogP contribution in [0.5, 0.6) is 0 Å². The van der Waals surface area contributed by atoms with Crippen LogP contribution in [0.25, 0.3) is 22.3 Å². The molecular weight excluding hydrogens is 276 g/mol. The summed E-state index contributed by atoms with van der Waals surface area (Å²) in [5.41, 5.74) is 2.54. The maximum absolute atomic E-state index is 9.08. The molecule has 0 aliphatic rings. The van der Waals surface area contributed by atoms with Crippen molar-refractivity contribution >= 4 is 11.0 Å². The van der Waals surface area contributed by atoms with Crippen LogP contribution in [0, 0.1) is 16.7 Å². The molecule has 22 heavy (non-hydrogen) atoms. The van der Waals surface area contributed by atoms with Crippen LogP contribution in [-0.2, 0) is 0 Å². The molecule has 0 bridgehead atoms. The van der Waals surface area contributed by atoms with Gasteiger partial charge in [-0.1, -0.05) is 20.8 Å². The van der Waals surface area contributed by atoms with E-state index in [2.05, 4.69) is 46.9 Å². The lowest BCUT2D eigenvalue weighted by Gasteiger charge is -2.28. The normalized spacial score (nSPS) is 13.2. The molecule has 3 heterocycles. The third-order valence-corrected chi connectivity index (χ3v) is 3.83. The third-order valence-electron chi connectivity index (χ3n) is 3.83. The maximum Gasteiger partial charge on any atom is 0.141 e. The molecule has 0 aromatic carbocycles. The molecule has 0 aliphatic heterocycles. The molecule has 1 N–H and O–H groups in total. The first-order chi connectivity index (χ1) is 10.5. The molecular formula is C16H18N6. The number of aromatic nitrogens is 5. The lowest BCUT2D eigenvalue weighted by Crippen LogP contribution is -2.24. The molecule has 0 spiro atoms. The summed E-state index contributed by atoms with van der Waals surface area (Å²) < 4.78 is 1.87. The fourth-order valence-electron chi connectivity index (χ4n) is 2.62. The highest BCUT2D eigenvalue weighted by molar-refractivity contribution is 5.89. The number of nitrogens with one attached hydrogen (secondary N) is 1. The maximum atomic E-state index is 9.08. The highest BCUT2D eigenvalue weighted by Gasteiger charge is 2.27. The molecule has 0 fully saturated rings. The fraction of sp³-hybridized carbons (Fsp3) is 0.375. The Bertz CT molecular complexity index is 830. The zero-order valence-electron chi connectivity index (χ0n) is 12.9. The first-order valence-electron chi connectivity index (χ1n) is 7.20. The molecule has 6 nitrogen and oxygen atoms in total. The van der Waals surface area contributed by atoms with E-state index in [0.717, 1.165) is 22.3 Å². The molecule has 0 saturated heterocycles. The summed E-state index contributed by atoms with van der Waals surface area (Å²) in [6.07, 6.45) is 7.57. The zero-order chi connectivity index (χ0) is 15.7. The monoisotopic (exact) mass is 294 g/mol. The first kappa shape index (κ1) is 14.3. The van der Waals surface area contributed by atoms with E-state index in [1.165, 1.54) is 0 Å². The molecule has 112 valence electrons. The Morgan fingerprint density at radius 1 is 1.36 bits per heavy atom. The Hall–Kier alpha value is -2.68. The topological polar surface area (TPSA) is 83.2 Å². The highest BCUT2D eigenvalue weighted by Crippen LogP contribution is 2.34. The number of H-pyrrole nitrogens is 1. The van der Waals surface area contributed by atoms with E-state index in [1.54, 1.807) is 12.5 Å². The van der Waals surface area contributed by atoms with Gasteiger partial charge in [0.15, 0.2) is 0 Å². The van der Waals surface area contributed by atoms with Crippen molar-refractivity contribution in [3.8, 4) is 17.3 Å². The Labute approximate surface area is 128 Å². The van der Waals surface area contributed by atoms with E-state index in [0.29, 0.717) is 6.42 Å². The van der Waals surface area contributed by atoms with E-state index in [9.17, 15) is 0 Å². The van der Waals surface area contributed by atoms with Crippen molar-refractivity contribution in [3.63, 3.8) is 0 Å². The van der Waals surface area contributed by atoms with Crippen LogP contribution in [0.3, 0.4) is 0 Å². The first-order valence-corrected chi connectivity index (χ1v) is 7.20. The summed E-state index contributed by atoms with van der Waals surface area (Å²) >= 11 is 0. The molecule has 1 atom stereocenters. The molecule has 0 amide bonds. The molecule has 6 heteroatoms. The number of aromatic amines is 1. The van der Waals surface area contributed by atoms with Crippen molar-refractivity contribution in [1.82, 2.24) is 24.7 Å². The van der Waals surface area contributed by atoms with E-state index in [-0.39, 0.29) is 11.5 Å². The second-order valence-corrected chi connectivity index (χ2v) is 6.42. The summed E-state index contributed by atoms with van der Waals surface area (Å²) in [4.78, 5) is 11.7. The predicted molar refractivity (Wildman–Crippen MR) is 83.8 cm³/mol. The lowest BCUT2D eigenvalue weighted by atomic mass is 9.85. The quantitative estimate of drug-likeness (QED) is 0.803. The van der Waals surface area contributed by atoms with Crippen LogP contribution in [0.1, 0.15) is 33.2 Å². The van der Waals surface area contributed by atoms with Gasteiger partial charge < -0.3 is 4.98 Å². The molecule has 0 unspecified atom stereocenters. The van der Waals surface area contributed by atoms with Gasteiger partial charge in [-0.2, -0.15) is 10.4 Å². The summed E-state index contributed by atoms with van der Waals surface area (Å²) in [5, 5.41) is 14.5. The predicted octanol–water partition coefficient (Wildman–Crippen LogP) is 3.32. The van der Waals surface area contributed by atoms with Crippen molar-refractivity contribution in [3.05, 3.63) is 31.0 Å². The summed E-state index contributed by atoms with van der Waals surface area (Å²) in [6.45, 7) is 6.35. The molecule has 3 rings (SSSR count). The Kier molecular flexibility index (Phi) is 3.41. The minimum Gasteiger partial charge on any atom is -0.346 e. The van der Waals surface area contributed by atoms with Crippen LogP contribution < -0.4 is 0 Å². The second-order valence-electron chi connectivity index (χ2n) is 6.42. The van der Waals surface area contributed by atoms with Gasteiger partial charge in [0.25, 0.3) is 0 Å². The van der Waals surface area contributed by atoms with Crippen molar-refractivity contribution < 1.29 is 0 Å². The van der Waals surface area contributed by atoms with Crippen molar-refractivity contribution in [2.45, 2.75) is 33.2 Å². The van der Waals surface area contributed by atoms with Gasteiger partial charge in [-0.15, -0.1) is 0 Å². The third kappa shape index (κ3) is 2.46. The van der Waals surface area contributed by atoms with E-state index < -0.39 is 0 Å². The number of nitriles is 1. The van der Waals surface area contributed by atoms with Gasteiger partial charge >= 0.3 is 0 Å². The summed E-state index contributed by atoms with van der Waals surface area (Å²) in [7, 11) is 0. The smallest absolute Gasteiger partial charge is 0.141 e. The number of rotatable bonds is 3. The van der Waals surface area contributed by atoms with Gasteiger partial charge in [0, 0.05) is 23.3 Å².